The monoisotopic (exact) mass is 280 g/mol. The molecule has 1 saturated heterocycles. The molecule has 1 heterocycles. The van der Waals surface area contributed by atoms with Gasteiger partial charge in [-0.3, -0.25) is 0 Å². The summed E-state index contributed by atoms with van der Waals surface area (Å²) in [5.41, 5.74) is -0.355. The van der Waals surface area contributed by atoms with E-state index in [0.717, 1.165) is 25.3 Å². The molecule has 0 saturated carbocycles. The fourth-order valence-electron chi connectivity index (χ4n) is 2.87. The predicted molar refractivity (Wildman–Crippen MR) is 84.6 cm³/mol. The van der Waals surface area contributed by atoms with Gasteiger partial charge >= 0.3 is 0 Å². The smallest absolute Gasteiger partial charge is 0.103 e. The van der Waals surface area contributed by atoms with E-state index in [-0.39, 0.29) is 5.54 Å². The first-order valence-corrected chi connectivity index (χ1v) is 7.96. The Bertz CT molecular complexity index is 304. The van der Waals surface area contributed by atoms with Gasteiger partial charge in [-0.2, -0.15) is 5.26 Å². The standard InChI is InChI=1S/C16H32N4/c1-16(14-17,18-2)9-5-6-10-20(4)13-15-7-11-19(3)12-8-15/h15,18H,5-13H2,1-4H3. The molecule has 0 aromatic carbocycles. The summed E-state index contributed by atoms with van der Waals surface area (Å²) < 4.78 is 0. The van der Waals surface area contributed by atoms with Gasteiger partial charge < -0.3 is 15.1 Å². The van der Waals surface area contributed by atoms with Crippen LogP contribution in [0.25, 0.3) is 0 Å². The zero-order valence-electron chi connectivity index (χ0n) is 13.8. The predicted octanol–water partition coefficient (Wildman–Crippen LogP) is 1.93. The van der Waals surface area contributed by atoms with Gasteiger partial charge in [0.2, 0.25) is 0 Å². The Balaban J connectivity index is 2.11. The van der Waals surface area contributed by atoms with Gasteiger partial charge in [0.25, 0.3) is 0 Å². The van der Waals surface area contributed by atoms with Gasteiger partial charge in [-0.25, -0.2) is 0 Å². The van der Waals surface area contributed by atoms with E-state index in [0.29, 0.717) is 0 Å². The second kappa shape index (κ2) is 8.61. The maximum atomic E-state index is 9.10. The summed E-state index contributed by atoms with van der Waals surface area (Å²) in [6.07, 6.45) is 5.91. The number of likely N-dealkylation sites (tertiary alicyclic amines) is 1. The molecule has 1 unspecified atom stereocenters. The normalized spacial score (nSPS) is 20.8. The average molecular weight is 280 g/mol. The SMILES string of the molecule is CNC(C)(C#N)CCCCN(C)CC1CCN(C)CC1. The number of hydrogen-bond acceptors (Lipinski definition) is 4. The lowest BCUT2D eigenvalue weighted by Crippen LogP contribution is -2.38. The van der Waals surface area contributed by atoms with E-state index in [2.05, 4.69) is 35.3 Å². The molecule has 0 aromatic heterocycles. The van der Waals surface area contributed by atoms with Crippen molar-refractivity contribution in [3.63, 3.8) is 0 Å². The van der Waals surface area contributed by atoms with Crippen molar-refractivity contribution >= 4 is 0 Å². The van der Waals surface area contributed by atoms with Crippen molar-refractivity contribution in [2.45, 2.75) is 44.6 Å². The molecule has 4 nitrogen and oxygen atoms in total. The van der Waals surface area contributed by atoms with Crippen molar-refractivity contribution in [2.24, 2.45) is 5.92 Å². The van der Waals surface area contributed by atoms with Crippen molar-refractivity contribution in [1.29, 1.82) is 5.26 Å². The third-order valence-electron chi connectivity index (χ3n) is 4.67. The highest BCUT2D eigenvalue weighted by atomic mass is 15.1. The summed E-state index contributed by atoms with van der Waals surface area (Å²) in [4.78, 5) is 4.90. The van der Waals surface area contributed by atoms with Crippen LogP contribution >= 0.6 is 0 Å². The zero-order chi connectivity index (χ0) is 15.0. The van der Waals surface area contributed by atoms with Gasteiger partial charge in [0.05, 0.1) is 6.07 Å². The molecule has 0 aromatic rings. The first kappa shape index (κ1) is 17.4. The van der Waals surface area contributed by atoms with Crippen molar-refractivity contribution in [2.75, 3.05) is 47.3 Å². The van der Waals surface area contributed by atoms with Gasteiger partial charge in [0.1, 0.15) is 5.54 Å². The van der Waals surface area contributed by atoms with Gasteiger partial charge in [0, 0.05) is 6.54 Å². The highest BCUT2D eigenvalue weighted by Crippen LogP contribution is 2.17. The molecule has 0 aliphatic carbocycles. The fourth-order valence-corrected chi connectivity index (χ4v) is 2.87. The molecule has 20 heavy (non-hydrogen) atoms. The van der Waals surface area contributed by atoms with Crippen LogP contribution in [0, 0.1) is 17.2 Å². The summed E-state index contributed by atoms with van der Waals surface area (Å²) in [5, 5.41) is 12.2. The van der Waals surface area contributed by atoms with Crippen molar-refractivity contribution in [3.05, 3.63) is 0 Å². The number of hydrogen-bond donors (Lipinski definition) is 1. The molecule has 0 radical (unpaired) electrons. The summed E-state index contributed by atoms with van der Waals surface area (Å²) >= 11 is 0. The van der Waals surface area contributed by atoms with Crippen LogP contribution in [-0.2, 0) is 0 Å². The van der Waals surface area contributed by atoms with Crippen LogP contribution < -0.4 is 5.32 Å². The Morgan fingerprint density at radius 3 is 2.55 bits per heavy atom. The maximum Gasteiger partial charge on any atom is 0.103 e. The van der Waals surface area contributed by atoms with Crippen molar-refractivity contribution < 1.29 is 0 Å². The van der Waals surface area contributed by atoms with Gasteiger partial charge in [0.15, 0.2) is 0 Å². The first-order chi connectivity index (χ1) is 9.49. The lowest BCUT2D eigenvalue weighted by molar-refractivity contribution is 0.174. The molecule has 1 N–H and O–H groups in total. The maximum absolute atomic E-state index is 9.10. The van der Waals surface area contributed by atoms with Gasteiger partial charge in [-0.05, 0) is 85.7 Å². The quantitative estimate of drug-likeness (QED) is 0.690. The van der Waals surface area contributed by atoms with E-state index in [9.17, 15) is 0 Å². The highest BCUT2D eigenvalue weighted by molar-refractivity contribution is 5.02. The topological polar surface area (TPSA) is 42.3 Å². The molecule has 116 valence electrons. The van der Waals surface area contributed by atoms with Crippen LogP contribution in [0.3, 0.4) is 0 Å². The van der Waals surface area contributed by atoms with E-state index in [1.807, 2.05) is 14.0 Å². The first-order valence-electron chi connectivity index (χ1n) is 7.96. The number of nitriles is 1. The van der Waals surface area contributed by atoms with Crippen molar-refractivity contribution in [3.8, 4) is 6.07 Å². The summed E-state index contributed by atoms with van der Waals surface area (Å²) in [7, 11) is 6.32. The van der Waals surface area contributed by atoms with Crippen molar-refractivity contribution in [1.82, 2.24) is 15.1 Å². The van der Waals surface area contributed by atoms with Crippen LogP contribution in [0.2, 0.25) is 0 Å². The molecule has 4 heteroatoms. The highest BCUT2D eigenvalue weighted by Gasteiger charge is 2.20. The minimum Gasteiger partial charge on any atom is -0.306 e. The van der Waals surface area contributed by atoms with Crippen LogP contribution in [0.1, 0.15) is 39.0 Å². The molecular weight excluding hydrogens is 248 g/mol. The minimum absolute atomic E-state index is 0.355. The summed E-state index contributed by atoms with van der Waals surface area (Å²) in [5.74, 6) is 0.873. The van der Waals surface area contributed by atoms with E-state index in [1.165, 1.54) is 38.9 Å². The van der Waals surface area contributed by atoms with E-state index < -0.39 is 0 Å². The molecule has 1 aliphatic rings. The third kappa shape index (κ3) is 6.21. The number of unbranched alkanes of at least 4 members (excludes halogenated alkanes) is 1. The molecule has 1 fully saturated rings. The van der Waals surface area contributed by atoms with E-state index in [1.54, 1.807) is 0 Å². The third-order valence-corrected chi connectivity index (χ3v) is 4.67. The largest absolute Gasteiger partial charge is 0.306 e. The number of piperidine rings is 1. The minimum atomic E-state index is -0.355. The average Bonchev–Trinajstić information content (AvgIpc) is 2.46. The zero-order valence-corrected chi connectivity index (χ0v) is 13.8. The van der Waals surface area contributed by atoms with Crippen LogP contribution in [0.15, 0.2) is 0 Å². The number of nitrogens with one attached hydrogen (secondary N) is 1. The Labute approximate surface area is 125 Å². The van der Waals surface area contributed by atoms with E-state index in [4.69, 9.17) is 5.26 Å². The second-order valence-corrected chi connectivity index (χ2v) is 6.66. The molecule has 0 amide bonds. The van der Waals surface area contributed by atoms with Crippen LogP contribution in [0.5, 0.6) is 0 Å². The Morgan fingerprint density at radius 1 is 1.35 bits per heavy atom. The molecule has 1 rings (SSSR count). The van der Waals surface area contributed by atoms with Crippen LogP contribution in [-0.4, -0.2) is 62.7 Å². The number of nitrogens with zero attached hydrogens (tertiary/aromatic N) is 3. The Hall–Kier alpha value is -0.630. The second-order valence-electron chi connectivity index (χ2n) is 6.66. The molecule has 0 bridgehead atoms. The number of rotatable bonds is 8. The van der Waals surface area contributed by atoms with Crippen LogP contribution in [0.4, 0.5) is 0 Å². The lowest BCUT2D eigenvalue weighted by atomic mass is 9.95. The summed E-state index contributed by atoms with van der Waals surface area (Å²) in [6, 6.07) is 2.36. The van der Waals surface area contributed by atoms with Gasteiger partial charge in [-0.1, -0.05) is 0 Å². The summed E-state index contributed by atoms with van der Waals surface area (Å²) in [6.45, 7) is 6.87. The fraction of sp³-hybridized carbons (Fsp3) is 0.938. The lowest BCUT2D eigenvalue weighted by Gasteiger charge is -2.31. The Kier molecular flexibility index (Phi) is 7.50. The van der Waals surface area contributed by atoms with E-state index >= 15 is 0 Å². The Morgan fingerprint density at radius 2 is 2.00 bits per heavy atom. The molecule has 0 spiro atoms. The van der Waals surface area contributed by atoms with Gasteiger partial charge in [-0.15, -0.1) is 0 Å². The molecule has 1 atom stereocenters. The molecular formula is C16H32N4. The molecule has 1 aliphatic heterocycles.